The fourth-order valence-electron chi connectivity index (χ4n) is 2.87. The van der Waals surface area contributed by atoms with Gasteiger partial charge in [-0.1, -0.05) is 36.4 Å². The molecule has 1 amide bonds. The number of pyridine rings is 1. The van der Waals surface area contributed by atoms with Crippen molar-refractivity contribution in [2.75, 3.05) is 13.1 Å². The fraction of sp³-hybridized carbons (Fsp3) is 0.158. The zero-order valence-electron chi connectivity index (χ0n) is 12.6. The summed E-state index contributed by atoms with van der Waals surface area (Å²) in [6.07, 6.45) is 3.44. The Hall–Kier alpha value is -2.88. The van der Waals surface area contributed by atoms with Crippen molar-refractivity contribution < 1.29 is 9.53 Å². The number of hydrogen-bond acceptors (Lipinski definition) is 3. The van der Waals surface area contributed by atoms with Gasteiger partial charge in [0.25, 0.3) is 5.91 Å². The zero-order chi connectivity index (χ0) is 15.6. The minimum Gasteiger partial charge on any atom is -0.485 e. The third-order valence-corrected chi connectivity index (χ3v) is 4.09. The molecule has 0 N–H and O–H groups in total. The normalized spacial score (nSPS) is 14.5. The Morgan fingerprint density at radius 1 is 1.04 bits per heavy atom. The number of ether oxygens (including phenoxy) is 1. The number of benzene rings is 2. The summed E-state index contributed by atoms with van der Waals surface area (Å²) in [5, 5.41) is 2.08. The van der Waals surface area contributed by atoms with E-state index in [4.69, 9.17) is 4.74 Å². The summed E-state index contributed by atoms with van der Waals surface area (Å²) in [5.41, 5.74) is 0.753. The molecular formula is C19H16N2O2. The first-order chi connectivity index (χ1) is 11.3. The molecule has 4 nitrogen and oxygen atoms in total. The summed E-state index contributed by atoms with van der Waals surface area (Å²) in [5.74, 6) is 0.808. The van der Waals surface area contributed by atoms with E-state index in [1.54, 1.807) is 12.4 Å². The van der Waals surface area contributed by atoms with Crippen LogP contribution in [0.25, 0.3) is 10.8 Å². The number of likely N-dealkylation sites (tertiary alicyclic amines) is 1. The topological polar surface area (TPSA) is 42.4 Å². The number of amides is 1. The third-order valence-electron chi connectivity index (χ3n) is 4.09. The minimum absolute atomic E-state index is 0.0399. The van der Waals surface area contributed by atoms with Crippen molar-refractivity contribution in [1.29, 1.82) is 0 Å². The monoisotopic (exact) mass is 304 g/mol. The molecule has 4 rings (SSSR count). The highest BCUT2D eigenvalue weighted by Crippen LogP contribution is 2.23. The zero-order valence-corrected chi connectivity index (χ0v) is 12.6. The smallest absolute Gasteiger partial charge is 0.254 e. The maximum Gasteiger partial charge on any atom is 0.254 e. The lowest BCUT2D eigenvalue weighted by atomic mass is 10.0. The van der Waals surface area contributed by atoms with Gasteiger partial charge in [0.1, 0.15) is 11.9 Å². The number of carbonyl (C=O) groups is 1. The van der Waals surface area contributed by atoms with E-state index in [0.29, 0.717) is 13.1 Å². The second kappa shape index (κ2) is 5.72. The van der Waals surface area contributed by atoms with Crippen molar-refractivity contribution in [2.24, 2.45) is 0 Å². The molecule has 1 aliphatic rings. The fourth-order valence-corrected chi connectivity index (χ4v) is 2.87. The molecule has 0 spiro atoms. The molecule has 0 radical (unpaired) electrons. The van der Waals surface area contributed by atoms with Crippen LogP contribution in [0.3, 0.4) is 0 Å². The van der Waals surface area contributed by atoms with E-state index in [2.05, 4.69) is 4.98 Å². The summed E-state index contributed by atoms with van der Waals surface area (Å²) >= 11 is 0. The molecule has 2 heterocycles. The lowest BCUT2D eigenvalue weighted by Gasteiger charge is -2.39. The van der Waals surface area contributed by atoms with Gasteiger partial charge in [-0.2, -0.15) is 0 Å². The first kappa shape index (κ1) is 13.8. The summed E-state index contributed by atoms with van der Waals surface area (Å²) in [6, 6.07) is 17.5. The van der Waals surface area contributed by atoms with Crippen LogP contribution in [-0.2, 0) is 0 Å². The summed E-state index contributed by atoms with van der Waals surface area (Å²) in [4.78, 5) is 18.5. The largest absolute Gasteiger partial charge is 0.485 e. The molecule has 1 aliphatic heterocycles. The van der Waals surface area contributed by atoms with E-state index in [9.17, 15) is 4.79 Å². The average Bonchev–Trinajstić information content (AvgIpc) is 2.57. The molecule has 2 aromatic carbocycles. The lowest BCUT2D eigenvalue weighted by molar-refractivity contribution is 0.0178. The molecule has 1 fully saturated rings. The van der Waals surface area contributed by atoms with Crippen LogP contribution in [0.2, 0.25) is 0 Å². The van der Waals surface area contributed by atoms with Crippen molar-refractivity contribution in [3.05, 3.63) is 72.6 Å². The summed E-state index contributed by atoms with van der Waals surface area (Å²) in [6.45, 7) is 1.22. The Bertz CT molecular complexity index is 837. The average molecular weight is 304 g/mol. The number of fused-ring (bicyclic) bond motifs is 1. The van der Waals surface area contributed by atoms with Crippen LogP contribution < -0.4 is 4.74 Å². The summed E-state index contributed by atoms with van der Waals surface area (Å²) in [7, 11) is 0. The van der Waals surface area contributed by atoms with Gasteiger partial charge in [0.05, 0.1) is 19.3 Å². The van der Waals surface area contributed by atoms with Crippen molar-refractivity contribution in [1.82, 2.24) is 9.88 Å². The van der Waals surface area contributed by atoms with E-state index in [1.165, 1.54) is 0 Å². The Morgan fingerprint density at radius 2 is 1.87 bits per heavy atom. The number of nitrogens with zero attached hydrogens (tertiary/aromatic N) is 2. The van der Waals surface area contributed by atoms with Gasteiger partial charge in [0, 0.05) is 11.8 Å². The highest BCUT2D eigenvalue weighted by molar-refractivity contribution is 6.07. The second-order valence-electron chi connectivity index (χ2n) is 5.67. The van der Waals surface area contributed by atoms with Crippen molar-refractivity contribution in [3.8, 4) is 5.75 Å². The molecule has 0 aliphatic carbocycles. The van der Waals surface area contributed by atoms with E-state index in [1.807, 2.05) is 59.5 Å². The molecule has 3 aromatic rings. The third kappa shape index (κ3) is 2.63. The SMILES string of the molecule is O=C(c1cccc2ccccc12)N1CC(Oc2cccnc2)C1. The van der Waals surface area contributed by atoms with Gasteiger partial charge >= 0.3 is 0 Å². The molecule has 23 heavy (non-hydrogen) atoms. The van der Waals surface area contributed by atoms with Crippen molar-refractivity contribution in [3.63, 3.8) is 0 Å². The Labute approximate surface area is 134 Å². The van der Waals surface area contributed by atoms with Crippen LogP contribution in [0, 0.1) is 0 Å². The van der Waals surface area contributed by atoms with Gasteiger partial charge in [0.2, 0.25) is 0 Å². The molecule has 0 atom stereocenters. The quantitative estimate of drug-likeness (QED) is 0.746. The van der Waals surface area contributed by atoms with Crippen LogP contribution in [0.5, 0.6) is 5.75 Å². The molecule has 0 unspecified atom stereocenters. The molecule has 4 heteroatoms. The van der Waals surface area contributed by atoms with E-state index >= 15 is 0 Å². The molecular weight excluding hydrogens is 288 g/mol. The maximum absolute atomic E-state index is 12.7. The Morgan fingerprint density at radius 3 is 2.70 bits per heavy atom. The van der Waals surface area contributed by atoms with Crippen LogP contribution >= 0.6 is 0 Å². The molecule has 1 aromatic heterocycles. The van der Waals surface area contributed by atoms with Gasteiger partial charge in [-0.25, -0.2) is 0 Å². The predicted octanol–water partition coefficient (Wildman–Crippen LogP) is 3.14. The van der Waals surface area contributed by atoms with E-state index < -0.39 is 0 Å². The van der Waals surface area contributed by atoms with Crippen LogP contribution in [0.15, 0.2) is 67.0 Å². The Balaban J connectivity index is 1.47. The molecule has 0 bridgehead atoms. The highest BCUT2D eigenvalue weighted by atomic mass is 16.5. The van der Waals surface area contributed by atoms with Gasteiger partial charge in [-0.3, -0.25) is 9.78 Å². The number of aromatic nitrogens is 1. The number of hydrogen-bond donors (Lipinski definition) is 0. The Kier molecular flexibility index (Phi) is 3.42. The standard InChI is InChI=1S/C19H16N2O2/c22-19(18-9-3-6-14-5-1-2-8-17(14)18)21-12-16(13-21)23-15-7-4-10-20-11-15/h1-11,16H,12-13H2. The van der Waals surface area contributed by atoms with Crippen LogP contribution in [0.1, 0.15) is 10.4 Å². The molecule has 114 valence electrons. The van der Waals surface area contributed by atoms with Gasteiger partial charge < -0.3 is 9.64 Å². The number of rotatable bonds is 3. The van der Waals surface area contributed by atoms with E-state index in [-0.39, 0.29) is 12.0 Å². The lowest BCUT2D eigenvalue weighted by Crippen LogP contribution is -2.56. The number of carbonyl (C=O) groups excluding carboxylic acids is 1. The van der Waals surface area contributed by atoms with Crippen LogP contribution in [0.4, 0.5) is 0 Å². The second-order valence-corrected chi connectivity index (χ2v) is 5.67. The minimum atomic E-state index is 0.0399. The van der Waals surface area contributed by atoms with Crippen molar-refractivity contribution in [2.45, 2.75) is 6.10 Å². The molecule has 1 saturated heterocycles. The van der Waals surface area contributed by atoms with E-state index in [0.717, 1.165) is 22.1 Å². The van der Waals surface area contributed by atoms with Gasteiger partial charge in [0.15, 0.2) is 0 Å². The van der Waals surface area contributed by atoms with Gasteiger partial charge in [-0.05, 0) is 29.0 Å². The van der Waals surface area contributed by atoms with Crippen LogP contribution in [-0.4, -0.2) is 35.0 Å². The first-order valence-corrected chi connectivity index (χ1v) is 7.65. The van der Waals surface area contributed by atoms with Gasteiger partial charge in [-0.15, -0.1) is 0 Å². The summed E-state index contributed by atoms with van der Waals surface area (Å²) < 4.78 is 5.80. The predicted molar refractivity (Wildman–Crippen MR) is 88.5 cm³/mol. The first-order valence-electron chi connectivity index (χ1n) is 7.65. The maximum atomic E-state index is 12.7. The van der Waals surface area contributed by atoms with Crippen molar-refractivity contribution >= 4 is 16.7 Å². The molecule has 0 saturated carbocycles. The highest BCUT2D eigenvalue weighted by Gasteiger charge is 2.33.